The second kappa shape index (κ2) is 10.8. The minimum Gasteiger partial charge on any atom is -0.507 e. The smallest absolute Gasteiger partial charge is 0.123 e. The van der Waals surface area contributed by atoms with Crippen molar-refractivity contribution < 1.29 is 14.9 Å². The average Bonchev–Trinajstić information content (AvgIpc) is 2.66. The van der Waals surface area contributed by atoms with Crippen molar-refractivity contribution in [1.82, 2.24) is 0 Å². The van der Waals surface area contributed by atoms with Gasteiger partial charge < -0.3 is 14.9 Å². The molecular formula is C27H44O3S. The normalized spacial score (nSPS) is 12.7. The van der Waals surface area contributed by atoms with Gasteiger partial charge in [0.05, 0.1) is 6.61 Å². The molecule has 31 heavy (non-hydrogen) atoms. The van der Waals surface area contributed by atoms with Gasteiger partial charge in [0.15, 0.2) is 0 Å². The van der Waals surface area contributed by atoms with E-state index in [1.54, 1.807) is 0 Å². The molecule has 0 aromatic heterocycles. The molecule has 0 atom stereocenters. The van der Waals surface area contributed by atoms with E-state index in [0.717, 1.165) is 22.4 Å². The molecule has 0 aliphatic heterocycles. The summed E-state index contributed by atoms with van der Waals surface area (Å²) in [5.41, 5.74) is 2.39. The maximum atomic E-state index is 10.9. The first-order chi connectivity index (χ1) is 14.2. The molecule has 176 valence electrons. The van der Waals surface area contributed by atoms with E-state index in [4.69, 9.17) is 4.74 Å². The largest absolute Gasteiger partial charge is 0.507 e. The summed E-state index contributed by atoms with van der Waals surface area (Å²) in [5, 5.41) is 20.1. The fourth-order valence-corrected chi connectivity index (χ4v) is 4.52. The Morgan fingerprint density at radius 1 is 0.839 bits per heavy atom. The van der Waals surface area contributed by atoms with Gasteiger partial charge in [-0.15, -0.1) is 0 Å². The molecule has 0 saturated carbocycles. The van der Waals surface area contributed by atoms with Gasteiger partial charge in [0.1, 0.15) is 17.4 Å². The van der Waals surface area contributed by atoms with Gasteiger partial charge in [0.2, 0.25) is 0 Å². The van der Waals surface area contributed by atoms with Crippen molar-refractivity contribution >= 4 is 10.0 Å². The molecule has 0 heterocycles. The summed E-state index contributed by atoms with van der Waals surface area (Å²) in [4.78, 5) is 1.25. The van der Waals surface area contributed by atoms with Crippen molar-refractivity contribution in [2.24, 2.45) is 0 Å². The zero-order chi connectivity index (χ0) is 24.0. The number of ether oxygens (including phenoxy) is 1. The van der Waals surface area contributed by atoms with E-state index in [1.165, 1.54) is 11.3 Å². The lowest BCUT2D eigenvalue weighted by atomic mass is 9.79. The van der Waals surface area contributed by atoms with Gasteiger partial charge in [-0.05, 0) is 58.1 Å². The van der Waals surface area contributed by atoms with E-state index in [1.807, 2.05) is 24.3 Å². The van der Waals surface area contributed by atoms with Crippen LogP contribution in [-0.4, -0.2) is 28.7 Å². The van der Waals surface area contributed by atoms with Gasteiger partial charge in [-0.2, -0.15) is 10.0 Å². The number of hydrogen-bond donors (Lipinski definition) is 2. The van der Waals surface area contributed by atoms with Crippen molar-refractivity contribution in [3.63, 3.8) is 0 Å². The molecule has 0 unspecified atom stereocenters. The van der Waals surface area contributed by atoms with Crippen LogP contribution in [0.2, 0.25) is 0 Å². The van der Waals surface area contributed by atoms with E-state index >= 15 is 0 Å². The van der Waals surface area contributed by atoms with Crippen LogP contribution in [0, 0.1) is 0 Å². The van der Waals surface area contributed by atoms with E-state index in [0.29, 0.717) is 11.7 Å². The van der Waals surface area contributed by atoms with Crippen LogP contribution in [0.3, 0.4) is 0 Å². The van der Waals surface area contributed by atoms with Gasteiger partial charge in [-0.25, -0.2) is 0 Å². The van der Waals surface area contributed by atoms with Gasteiger partial charge in [0.25, 0.3) is 0 Å². The van der Waals surface area contributed by atoms with Crippen LogP contribution in [0.4, 0.5) is 0 Å². The predicted octanol–water partition coefficient (Wildman–Crippen LogP) is 7.36. The fourth-order valence-electron chi connectivity index (χ4n) is 3.08. The van der Waals surface area contributed by atoms with Crippen molar-refractivity contribution in [2.45, 2.75) is 84.1 Å². The highest BCUT2D eigenvalue weighted by molar-refractivity contribution is 8.32. The Balaban J connectivity index is 0.00000151. The SMILES string of the molecule is CC(C)(C)c1cc(OCS(C)(C)c2ccc(CO)cc2)cc(C(C)(C)C)c1O.CCC. The number of benzene rings is 2. The first-order valence-electron chi connectivity index (χ1n) is 11.1. The van der Waals surface area contributed by atoms with Crippen LogP contribution < -0.4 is 4.74 Å². The Morgan fingerprint density at radius 3 is 1.61 bits per heavy atom. The Bertz CT molecular complexity index is 790. The van der Waals surface area contributed by atoms with E-state index in [2.05, 4.69) is 80.0 Å². The lowest BCUT2D eigenvalue weighted by Gasteiger charge is -2.33. The molecule has 2 aromatic rings. The zero-order valence-electron chi connectivity index (χ0n) is 21.3. The minimum absolute atomic E-state index is 0.0607. The summed E-state index contributed by atoms with van der Waals surface area (Å²) >= 11 is 0. The lowest BCUT2D eigenvalue weighted by molar-refractivity contribution is 0.282. The molecule has 2 rings (SSSR count). The summed E-state index contributed by atoms with van der Waals surface area (Å²) in [7, 11) is -1.16. The predicted molar refractivity (Wildman–Crippen MR) is 137 cm³/mol. The van der Waals surface area contributed by atoms with Crippen molar-refractivity contribution in [2.75, 3.05) is 18.5 Å². The standard InChI is InChI=1S/C24H36O3S.C3H8/c1-23(2,3)20-13-18(14-21(22(20)26)24(4,5)6)27-16-28(7,8)19-11-9-17(15-25)10-12-19;1-3-2/h9-14,25-26H,15-16H2,1-8H3;3H2,1-2H3. The Morgan fingerprint density at radius 2 is 1.26 bits per heavy atom. The number of aliphatic hydroxyl groups is 1. The molecule has 4 heteroatoms. The first kappa shape index (κ1) is 27.4. The molecule has 0 amide bonds. The lowest BCUT2D eigenvalue weighted by Crippen LogP contribution is -2.18. The van der Waals surface area contributed by atoms with E-state index < -0.39 is 10.0 Å². The highest BCUT2D eigenvalue weighted by Crippen LogP contribution is 2.49. The fraction of sp³-hybridized carbons (Fsp3) is 0.556. The van der Waals surface area contributed by atoms with Gasteiger partial charge >= 0.3 is 0 Å². The second-order valence-electron chi connectivity index (χ2n) is 10.7. The quantitative estimate of drug-likeness (QED) is 0.502. The van der Waals surface area contributed by atoms with Crippen LogP contribution in [0.15, 0.2) is 41.3 Å². The molecule has 0 fully saturated rings. The summed E-state index contributed by atoms with van der Waals surface area (Å²) < 4.78 is 6.28. The van der Waals surface area contributed by atoms with Crippen LogP contribution in [0.25, 0.3) is 0 Å². The second-order valence-corrected chi connectivity index (χ2v) is 14.5. The highest BCUT2D eigenvalue weighted by atomic mass is 32.3. The Kier molecular flexibility index (Phi) is 9.52. The number of aliphatic hydroxyl groups excluding tert-OH is 1. The third kappa shape index (κ3) is 7.76. The summed E-state index contributed by atoms with van der Waals surface area (Å²) in [6.07, 6.45) is 5.72. The summed E-state index contributed by atoms with van der Waals surface area (Å²) in [6.45, 7) is 17.0. The number of hydrogen-bond acceptors (Lipinski definition) is 3. The molecule has 0 bridgehead atoms. The number of phenols is 1. The number of aromatic hydroxyl groups is 1. The number of phenolic OH excluding ortho intramolecular Hbond substituents is 1. The molecule has 0 aliphatic rings. The van der Waals surface area contributed by atoms with Gasteiger partial charge in [0, 0.05) is 11.1 Å². The Hall–Kier alpha value is -1.65. The van der Waals surface area contributed by atoms with Gasteiger partial charge in [-0.1, -0.05) is 73.9 Å². The molecule has 3 nitrogen and oxygen atoms in total. The van der Waals surface area contributed by atoms with Crippen LogP contribution in [0.5, 0.6) is 11.5 Å². The Labute approximate surface area is 192 Å². The van der Waals surface area contributed by atoms with Crippen molar-refractivity contribution in [3.8, 4) is 11.5 Å². The van der Waals surface area contributed by atoms with Crippen LogP contribution >= 0.6 is 10.0 Å². The highest BCUT2D eigenvalue weighted by Gasteiger charge is 2.27. The van der Waals surface area contributed by atoms with Crippen molar-refractivity contribution in [1.29, 1.82) is 0 Å². The third-order valence-corrected chi connectivity index (χ3v) is 7.22. The maximum absolute atomic E-state index is 10.9. The van der Waals surface area contributed by atoms with Crippen LogP contribution in [-0.2, 0) is 17.4 Å². The summed E-state index contributed by atoms with van der Waals surface area (Å²) in [6, 6.07) is 12.1. The molecule has 0 saturated heterocycles. The topological polar surface area (TPSA) is 49.7 Å². The molecule has 0 radical (unpaired) electrons. The average molecular weight is 449 g/mol. The molecule has 0 spiro atoms. The molecule has 0 aliphatic carbocycles. The molecular weight excluding hydrogens is 404 g/mol. The maximum Gasteiger partial charge on any atom is 0.123 e. The zero-order valence-corrected chi connectivity index (χ0v) is 22.1. The number of rotatable bonds is 5. The van der Waals surface area contributed by atoms with Gasteiger partial charge in [-0.3, -0.25) is 0 Å². The van der Waals surface area contributed by atoms with Crippen molar-refractivity contribution in [3.05, 3.63) is 53.1 Å². The monoisotopic (exact) mass is 448 g/mol. The van der Waals surface area contributed by atoms with E-state index in [-0.39, 0.29) is 17.4 Å². The third-order valence-electron chi connectivity index (χ3n) is 4.96. The van der Waals surface area contributed by atoms with Crippen LogP contribution in [0.1, 0.15) is 78.5 Å². The summed E-state index contributed by atoms with van der Waals surface area (Å²) in [5.74, 6) is 1.78. The molecule has 2 N–H and O–H groups in total. The molecule has 2 aromatic carbocycles. The van der Waals surface area contributed by atoms with E-state index in [9.17, 15) is 10.2 Å². The minimum atomic E-state index is -1.16. The first-order valence-corrected chi connectivity index (χ1v) is 13.7.